The maximum Gasteiger partial charge on any atom is 0.322 e. The van der Waals surface area contributed by atoms with Crippen LogP contribution in [0, 0.1) is 16.7 Å². The number of nitrogens with one attached hydrogen (secondary N) is 1. The van der Waals surface area contributed by atoms with E-state index in [9.17, 15) is 14.7 Å². The second kappa shape index (κ2) is 7.74. The van der Waals surface area contributed by atoms with Gasteiger partial charge in [-0.3, -0.25) is 9.69 Å². The predicted molar refractivity (Wildman–Crippen MR) is 134 cm³/mol. The lowest BCUT2D eigenvalue weighted by atomic mass is 9.63. The van der Waals surface area contributed by atoms with E-state index in [-0.39, 0.29) is 17.0 Å². The average molecular weight is 485 g/mol. The van der Waals surface area contributed by atoms with Crippen molar-refractivity contribution in [2.45, 2.75) is 96.6 Å². The standard InChI is InChI=1S/C28H37ClN2O3/c1-18-7-10-28(20-6-5-19(22(29)14-20)8-9-25(2,3)4)21(13-18)15-31(24(34)30-28)27-12-11-26(16-27,17-27)23(32)33/h5-6,14-15,18H,7-13,16-17H2,1-4H3,(H,30,34)(H,32,33)/t18?,26?,27?,28-/m1/s1. The molecule has 5 nitrogen and oxygen atoms in total. The summed E-state index contributed by atoms with van der Waals surface area (Å²) in [6.45, 7) is 8.99. The number of carboxylic acid groups (broad SMARTS) is 1. The highest BCUT2D eigenvalue weighted by atomic mass is 35.5. The van der Waals surface area contributed by atoms with Crippen molar-refractivity contribution in [2.24, 2.45) is 16.7 Å². The normalized spacial score (nSPS) is 34.7. The van der Waals surface area contributed by atoms with Crippen molar-refractivity contribution < 1.29 is 14.7 Å². The highest BCUT2D eigenvalue weighted by Crippen LogP contribution is 2.65. The number of halogens is 1. The van der Waals surface area contributed by atoms with Crippen molar-refractivity contribution in [3.63, 3.8) is 0 Å². The maximum atomic E-state index is 13.6. The second-order valence-electron chi connectivity index (χ2n) is 12.7. The van der Waals surface area contributed by atoms with Gasteiger partial charge < -0.3 is 10.4 Å². The van der Waals surface area contributed by atoms with Gasteiger partial charge in [0, 0.05) is 11.2 Å². The number of aliphatic carboxylic acids is 1. The lowest BCUT2D eigenvalue weighted by Gasteiger charge is -2.55. The van der Waals surface area contributed by atoms with Gasteiger partial charge in [-0.05, 0) is 91.9 Å². The number of hydrogen-bond donors (Lipinski definition) is 2. The fraction of sp³-hybridized carbons (Fsp3) is 0.643. The summed E-state index contributed by atoms with van der Waals surface area (Å²) in [5.74, 6) is -0.175. The average Bonchev–Trinajstić information content (AvgIpc) is 3.30. The van der Waals surface area contributed by atoms with Gasteiger partial charge in [-0.15, -0.1) is 0 Å². The topological polar surface area (TPSA) is 69.6 Å². The fourth-order valence-corrected chi connectivity index (χ4v) is 7.18. The molecule has 0 spiro atoms. The van der Waals surface area contributed by atoms with Gasteiger partial charge >= 0.3 is 12.0 Å². The second-order valence-corrected chi connectivity index (χ2v) is 13.1. The van der Waals surface area contributed by atoms with Gasteiger partial charge in [-0.1, -0.05) is 51.4 Å². The van der Waals surface area contributed by atoms with Crippen LogP contribution in [0.1, 0.15) is 90.2 Å². The molecule has 1 aliphatic heterocycles. The third kappa shape index (κ3) is 3.66. The zero-order chi connectivity index (χ0) is 24.5. The third-order valence-electron chi connectivity index (χ3n) is 9.01. The Kier molecular flexibility index (Phi) is 5.40. The van der Waals surface area contributed by atoms with Crippen LogP contribution in [0.15, 0.2) is 30.0 Å². The summed E-state index contributed by atoms with van der Waals surface area (Å²) in [5.41, 5.74) is 2.16. The van der Waals surface area contributed by atoms with Gasteiger partial charge in [-0.2, -0.15) is 0 Å². The Labute approximate surface area is 207 Å². The lowest BCUT2D eigenvalue weighted by Crippen LogP contribution is -2.65. The molecule has 1 unspecified atom stereocenters. The van der Waals surface area contributed by atoms with Crippen molar-refractivity contribution >= 4 is 23.6 Å². The number of amides is 2. The number of carbonyl (C=O) groups excluding carboxylic acids is 1. The van der Waals surface area contributed by atoms with Crippen LogP contribution >= 0.6 is 11.6 Å². The van der Waals surface area contributed by atoms with Crippen LogP contribution in [0.5, 0.6) is 0 Å². The zero-order valence-electron chi connectivity index (χ0n) is 20.8. The Morgan fingerprint density at radius 2 is 1.97 bits per heavy atom. The highest BCUT2D eigenvalue weighted by molar-refractivity contribution is 6.31. The van der Waals surface area contributed by atoms with E-state index in [1.54, 1.807) is 0 Å². The third-order valence-corrected chi connectivity index (χ3v) is 9.36. The van der Waals surface area contributed by atoms with Crippen LogP contribution in [-0.2, 0) is 16.8 Å². The number of aryl methyl sites for hydroxylation is 1. The summed E-state index contributed by atoms with van der Waals surface area (Å²) in [6.07, 6.45) is 9.41. The van der Waals surface area contributed by atoms with Crippen LogP contribution in [0.2, 0.25) is 5.02 Å². The first-order chi connectivity index (χ1) is 15.9. The predicted octanol–water partition coefficient (Wildman–Crippen LogP) is 6.64. The molecule has 6 rings (SSSR count). The van der Waals surface area contributed by atoms with E-state index < -0.39 is 16.9 Å². The number of carbonyl (C=O) groups is 2. The highest BCUT2D eigenvalue weighted by Gasteiger charge is 2.68. The lowest BCUT2D eigenvalue weighted by molar-refractivity contribution is -0.156. The van der Waals surface area contributed by atoms with Crippen molar-refractivity contribution in [3.8, 4) is 0 Å². The van der Waals surface area contributed by atoms with Gasteiger partial charge in [0.05, 0.1) is 16.5 Å². The van der Waals surface area contributed by atoms with E-state index in [0.717, 1.165) is 54.7 Å². The molecule has 0 saturated heterocycles. The molecule has 4 fully saturated rings. The Morgan fingerprint density at radius 3 is 2.59 bits per heavy atom. The van der Waals surface area contributed by atoms with Crippen LogP contribution < -0.4 is 5.32 Å². The summed E-state index contributed by atoms with van der Waals surface area (Å²) in [4.78, 5) is 27.2. The summed E-state index contributed by atoms with van der Waals surface area (Å²) in [5, 5.41) is 13.9. The number of nitrogens with zero attached hydrogens (tertiary/aromatic N) is 1. The van der Waals surface area contributed by atoms with Crippen LogP contribution in [-0.4, -0.2) is 27.5 Å². The molecule has 2 atom stereocenters. The molecule has 1 heterocycles. The number of fused-ring (bicyclic) bond motifs is 2. The molecule has 2 amide bonds. The van der Waals surface area contributed by atoms with Crippen molar-refractivity contribution in [1.82, 2.24) is 10.2 Å². The first kappa shape index (κ1) is 23.7. The number of urea groups is 1. The quantitative estimate of drug-likeness (QED) is 0.492. The Morgan fingerprint density at radius 1 is 1.24 bits per heavy atom. The molecular weight excluding hydrogens is 448 g/mol. The number of hydrogen-bond acceptors (Lipinski definition) is 2. The van der Waals surface area contributed by atoms with E-state index >= 15 is 0 Å². The molecule has 1 aromatic carbocycles. The minimum atomic E-state index is -0.715. The van der Waals surface area contributed by atoms with Crippen molar-refractivity contribution in [2.75, 3.05) is 0 Å². The fourth-order valence-electron chi connectivity index (χ4n) is 6.90. The molecule has 2 bridgehead atoms. The van der Waals surface area contributed by atoms with Crippen LogP contribution in [0.4, 0.5) is 4.79 Å². The molecule has 34 heavy (non-hydrogen) atoms. The van der Waals surface area contributed by atoms with E-state index in [1.807, 2.05) is 4.90 Å². The smallest absolute Gasteiger partial charge is 0.322 e. The molecule has 2 N–H and O–H groups in total. The summed E-state index contributed by atoms with van der Waals surface area (Å²) in [6, 6.07) is 6.24. The van der Waals surface area contributed by atoms with Crippen molar-refractivity contribution in [1.29, 1.82) is 0 Å². The summed E-state index contributed by atoms with van der Waals surface area (Å²) >= 11 is 6.78. The van der Waals surface area contributed by atoms with E-state index in [1.165, 1.54) is 5.57 Å². The van der Waals surface area contributed by atoms with Gasteiger partial charge in [0.15, 0.2) is 0 Å². The number of rotatable bonds is 5. The SMILES string of the molecule is CC1CC[C@]2(c3ccc(CCC(C)(C)C)c(Cl)c3)NC(=O)N(C34CCC(C(=O)O)(C3)C4)C=C2C1. The summed E-state index contributed by atoms with van der Waals surface area (Å²) < 4.78 is 0. The van der Waals surface area contributed by atoms with E-state index in [2.05, 4.69) is 57.4 Å². The van der Waals surface area contributed by atoms with Gasteiger partial charge in [0.1, 0.15) is 0 Å². The van der Waals surface area contributed by atoms with Gasteiger partial charge in [0.2, 0.25) is 0 Å². The van der Waals surface area contributed by atoms with Crippen LogP contribution in [0.25, 0.3) is 0 Å². The Balaban J connectivity index is 1.47. The minimum Gasteiger partial charge on any atom is -0.481 e. The first-order valence-corrected chi connectivity index (χ1v) is 13.1. The Hall–Kier alpha value is -2.01. The Bertz CT molecular complexity index is 1070. The monoisotopic (exact) mass is 484 g/mol. The molecule has 4 aliphatic carbocycles. The molecule has 184 valence electrons. The van der Waals surface area contributed by atoms with Crippen LogP contribution in [0.3, 0.4) is 0 Å². The maximum absolute atomic E-state index is 13.6. The molecule has 4 saturated carbocycles. The largest absolute Gasteiger partial charge is 0.481 e. The van der Waals surface area contributed by atoms with E-state index in [0.29, 0.717) is 25.2 Å². The molecule has 0 aromatic heterocycles. The molecular formula is C28H37ClN2O3. The first-order valence-electron chi connectivity index (χ1n) is 12.7. The zero-order valence-corrected chi connectivity index (χ0v) is 21.6. The van der Waals surface area contributed by atoms with Gasteiger partial charge in [0.25, 0.3) is 0 Å². The number of carboxylic acids is 1. The molecule has 6 heteroatoms. The van der Waals surface area contributed by atoms with Crippen molar-refractivity contribution in [3.05, 3.63) is 46.1 Å². The molecule has 1 aromatic rings. The summed E-state index contributed by atoms with van der Waals surface area (Å²) in [7, 11) is 0. The molecule has 5 aliphatic rings. The minimum absolute atomic E-state index is 0.105. The number of benzene rings is 1. The molecule has 0 radical (unpaired) electrons. The van der Waals surface area contributed by atoms with Gasteiger partial charge in [-0.25, -0.2) is 4.79 Å². The van der Waals surface area contributed by atoms with E-state index in [4.69, 9.17) is 11.6 Å².